The van der Waals surface area contributed by atoms with E-state index in [0.29, 0.717) is 6.42 Å². The first-order valence-corrected chi connectivity index (χ1v) is 11.5. The van der Waals surface area contributed by atoms with Gasteiger partial charge in [0, 0.05) is 20.3 Å². The molecule has 0 fully saturated rings. The molecule has 0 aliphatic heterocycles. The van der Waals surface area contributed by atoms with Gasteiger partial charge in [0.15, 0.2) is 0 Å². The van der Waals surface area contributed by atoms with Gasteiger partial charge in [-0.25, -0.2) is 0 Å². The Hall–Kier alpha value is -1.59. The Labute approximate surface area is 177 Å². The van der Waals surface area contributed by atoms with Crippen LogP contribution in [-0.2, 0) is 28.6 Å². The van der Waals surface area contributed by atoms with Crippen molar-refractivity contribution in [2.75, 3.05) is 6.61 Å². The molecule has 170 valence electrons. The molecule has 6 heteroatoms. The van der Waals surface area contributed by atoms with Crippen LogP contribution in [0.2, 0.25) is 0 Å². The third-order valence-electron chi connectivity index (χ3n) is 4.70. The van der Waals surface area contributed by atoms with Crippen LogP contribution in [0.5, 0.6) is 0 Å². The highest BCUT2D eigenvalue weighted by Crippen LogP contribution is 2.13. The summed E-state index contributed by atoms with van der Waals surface area (Å²) in [6, 6.07) is 0. The first kappa shape index (κ1) is 27.4. The molecule has 0 rings (SSSR count). The summed E-state index contributed by atoms with van der Waals surface area (Å²) in [5.74, 6) is -1.36. The smallest absolute Gasteiger partial charge is 0.305 e. The number of rotatable bonds is 19. The highest BCUT2D eigenvalue weighted by Gasteiger charge is 2.16. The van der Waals surface area contributed by atoms with Gasteiger partial charge in [0.1, 0.15) is 0 Å². The monoisotopic (exact) mass is 414 g/mol. The van der Waals surface area contributed by atoms with E-state index in [4.69, 9.17) is 14.2 Å². The minimum absolute atomic E-state index is 0.0580. The van der Waals surface area contributed by atoms with E-state index in [-0.39, 0.29) is 19.0 Å². The lowest BCUT2D eigenvalue weighted by molar-refractivity contribution is -0.187. The predicted octanol–water partition coefficient (Wildman–Crippen LogP) is 5.85. The summed E-state index contributed by atoms with van der Waals surface area (Å²) in [4.78, 5) is 33.7. The van der Waals surface area contributed by atoms with Crippen LogP contribution in [-0.4, -0.2) is 30.8 Å². The Bertz CT molecular complexity index is 419. The van der Waals surface area contributed by atoms with Crippen molar-refractivity contribution >= 4 is 17.9 Å². The Morgan fingerprint density at radius 1 is 0.655 bits per heavy atom. The summed E-state index contributed by atoms with van der Waals surface area (Å²) in [7, 11) is 0. The summed E-state index contributed by atoms with van der Waals surface area (Å²) in [6.45, 7) is 4.77. The van der Waals surface area contributed by atoms with Gasteiger partial charge in [-0.3, -0.25) is 14.4 Å². The lowest BCUT2D eigenvalue weighted by Gasteiger charge is -2.16. The summed E-state index contributed by atoms with van der Waals surface area (Å²) >= 11 is 0. The summed E-state index contributed by atoms with van der Waals surface area (Å²) in [6.07, 6.45) is 15.9. The van der Waals surface area contributed by atoms with E-state index in [1.807, 2.05) is 0 Å². The Balaban J connectivity index is 3.49. The summed E-state index contributed by atoms with van der Waals surface area (Å²) < 4.78 is 14.8. The van der Waals surface area contributed by atoms with Crippen molar-refractivity contribution in [1.29, 1.82) is 0 Å². The van der Waals surface area contributed by atoms with Gasteiger partial charge >= 0.3 is 17.9 Å². The molecule has 0 atom stereocenters. The topological polar surface area (TPSA) is 78.9 Å². The minimum Gasteiger partial charge on any atom is -0.465 e. The van der Waals surface area contributed by atoms with Crippen LogP contribution < -0.4 is 0 Å². The second-order valence-corrected chi connectivity index (χ2v) is 7.65. The SMILES string of the molecule is CCCCCCCCCCCCCCCC(=O)OCCC(OC(C)=O)OC(C)=O. The van der Waals surface area contributed by atoms with Crippen LogP contribution in [0.25, 0.3) is 0 Å². The second kappa shape index (κ2) is 19.7. The van der Waals surface area contributed by atoms with E-state index in [1.54, 1.807) is 0 Å². The fourth-order valence-electron chi connectivity index (χ4n) is 3.14. The third kappa shape index (κ3) is 20.9. The van der Waals surface area contributed by atoms with Crippen molar-refractivity contribution in [3.63, 3.8) is 0 Å². The number of hydrogen-bond donors (Lipinski definition) is 0. The normalized spacial score (nSPS) is 10.8. The third-order valence-corrected chi connectivity index (χ3v) is 4.70. The molecule has 0 aliphatic carbocycles. The van der Waals surface area contributed by atoms with Gasteiger partial charge in [-0.05, 0) is 6.42 Å². The molecule has 0 bridgehead atoms. The van der Waals surface area contributed by atoms with Crippen LogP contribution >= 0.6 is 0 Å². The maximum absolute atomic E-state index is 11.7. The second-order valence-electron chi connectivity index (χ2n) is 7.65. The molecule has 0 spiro atoms. The lowest BCUT2D eigenvalue weighted by Crippen LogP contribution is -2.24. The van der Waals surface area contributed by atoms with Crippen molar-refractivity contribution in [3.8, 4) is 0 Å². The molecule has 0 aromatic carbocycles. The van der Waals surface area contributed by atoms with Crippen LogP contribution in [0.3, 0.4) is 0 Å². The molecule has 29 heavy (non-hydrogen) atoms. The standard InChI is InChI=1S/C23H42O6/c1-4-5-6-7-8-9-10-11-12-13-14-15-16-17-22(26)27-19-18-23(28-20(2)24)29-21(3)25/h23H,4-19H2,1-3H3. The summed E-state index contributed by atoms with van der Waals surface area (Å²) in [5.41, 5.74) is 0. The average molecular weight is 415 g/mol. The molecule has 0 aliphatic rings. The number of carbonyl (C=O) groups excluding carboxylic acids is 3. The number of unbranched alkanes of at least 4 members (excludes halogenated alkanes) is 12. The highest BCUT2D eigenvalue weighted by molar-refractivity contribution is 5.69. The molecule has 0 heterocycles. The largest absolute Gasteiger partial charge is 0.465 e. The van der Waals surface area contributed by atoms with Gasteiger partial charge in [0.05, 0.1) is 13.0 Å². The molecule has 6 nitrogen and oxygen atoms in total. The fourth-order valence-corrected chi connectivity index (χ4v) is 3.14. The quantitative estimate of drug-likeness (QED) is 0.150. The van der Waals surface area contributed by atoms with Crippen molar-refractivity contribution in [1.82, 2.24) is 0 Å². The zero-order valence-corrected chi connectivity index (χ0v) is 18.8. The van der Waals surface area contributed by atoms with Crippen molar-refractivity contribution in [2.24, 2.45) is 0 Å². The van der Waals surface area contributed by atoms with E-state index < -0.39 is 18.2 Å². The first-order chi connectivity index (χ1) is 14.0. The van der Waals surface area contributed by atoms with Crippen LogP contribution in [0, 0.1) is 0 Å². The molecular formula is C23H42O6. The zero-order chi connectivity index (χ0) is 21.7. The van der Waals surface area contributed by atoms with Gasteiger partial charge in [0.2, 0.25) is 0 Å². The molecule has 0 saturated heterocycles. The molecule has 0 unspecified atom stereocenters. The van der Waals surface area contributed by atoms with Crippen LogP contribution in [0.1, 0.15) is 117 Å². The highest BCUT2D eigenvalue weighted by atomic mass is 16.7. The van der Waals surface area contributed by atoms with E-state index in [2.05, 4.69) is 6.92 Å². The van der Waals surface area contributed by atoms with Gasteiger partial charge in [-0.1, -0.05) is 84.0 Å². The zero-order valence-electron chi connectivity index (χ0n) is 18.8. The average Bonchev–Trinajstić information content (AvgIpc) is 2.64. The molecule has 0 radical (unpaired) electrons. The predicted molar refractivity (Wildman–Crippen MR) is 113 cm³/mol. The Morgan fingerprint density at radius 2 is 1.07 bits per heavy atom. The van der Waals surface area contributed by atoms with Crippen LogP contribution in [0.4, 0.5) is 0 Å². The van der Waals surface area contributed by atoms with Crippen molar-refractivity contribution in [3.05, 3.63) is 0 Å². The molecule has 0 aromatic heterocycles. The molecule has 0 aromatic rings. The summed E-state index contributed by atoms with van der Waals surface area (Å²) in [5, 5.41) is 0. The maximum atomic E-state index is 11.7. The van der Waals surface area contributed by atoms with Gasteiger partial charge in [0.25, 0.3) is 6.29 Å². The number of ether oxygens (including phenoxy) is 3. The number of hydrogen-bond acceptors (Lipinski definition) is 6. The maximum Gasteiger partial charge on any atom is 0.305 e. The lowest BCUT2D eigenvalue weighted by atomic mass is 10.0. The molecule has 0 N–H and O–H groups in total. The van der Waals surface area contributed by atoms with E-state index in [9.17, 15) is 14.4 Å². The molecule has 0 saturated carbocycles. The fraction of sp³-hybridized carbons (Fsp3) is 0.870. The minimum atomic E-state index is -1.01. The van der Waals surface area contributed by atoms with Gasteiger partial charge < -0.3 is 14.2 Å². The van der Waals surface area contributed by atoms with Crippen LogP contribution in [0.15, 0.2) is 0 Å². The number of esters is 3. The van der Waals surface area contributed by atoms with Gasteiger partial charge in [-0.2, -0.15) is 0 Å². The van der Waals surface area contributed by atoms with E-state index in [1.165, 1.54) is 78.1 Å². The van der Waals surface area contributed by atoms with E-state index >= 15 is 0 Å². The van der Waals surface area contributed by atoms with E-state index in [0.717, 1.165) is 19.3 Å². The van der Waals surface area contributed by atoms with Crippen molar-refractivity contribution in [2.45, 2.75) is 123 Å². The Kier molecular flexibility index (Phi) is 18.6. The van der Waals surface area contributed by atoms with Crippen molar-refractivity contribution < 1.29 is 28.6 Å². The molecular weight excluding hydrogens is 372 g/mol. The van der Waals surface area contributed by atoms with Gasteiger partial charge in [-0.15, -0.1) is 0 Å². The Morgan fingerprint density at radius 3 is 1.48 bits per heavy atom. The molecule has 0 amide bonds. The number of carbonyl (C=O) groups is 3. The first-order valence-electron chi connectivity index (χ1n) is 11.5.